The van der Waals surface area contributed by atoms with Crippen LogP contribution in [0.3, 0.4) is 0 Å². The van der Waals surface area contributed by atoms with Crippen molar-refractivity contribution < 1.29 is 23.9 Å². The van der Waals surface area contributed by atoms with E-state index in [1.54, 1.807) is 67.8 Å². The predicted molar refractivity (Wildman–Crippen MR) is 178 cm³/mol. The van der Waals surface area contributed by atoms with Crippen LogP contribution < -0.4 is 15.0 Å². The molecular formula is C35H31ClN4O5S. The lowest BCUT2D eigenvalue weighted by molar-refractivity contribution is -0.140. The van der Waals surface area contributed by atoms with Crippen molar-refractivity contribution in [2.45, 2.75) is 31.8 Å². The van der Waals surface area contributed by atoms with Gasteiger partial charge in [0.1, 0.15) is 23.3 Å². The number of carbonyl (C=O) groups is 4. The molecule has 2 atom stereocenters. The molecule has 0 spiro atoms. The first kappa shape index (κ1) is 31.2. The molecule has 46 heavy (non-hydrogen) atoms. The maximum atomic E-state index is 14.4. The Morgan fingerprint density at radius 1 is 1.07 bits per heavy atom. The highest BCUT2D eigenvalue weighted by Gasteiger charge is 2.41. The Labute approximate surface area is 275 Å². The number of methoxy groups -OCH3 is 1. The van der Waals surface area contributed by atoms with Crippen LogP contribution in [0.25, 0.3) is 11.3 Å². The summed E-state index contributed by atoms with van der Waals surface area (Å²) >= 11 is 7.46. The van der Waals surface area contributed by atoms with Gasteiger partial charge in [0, 0.05) is 21.7 Å². The van der Waals surface area contributed by atoms with Gasteiger partial charge in [-0.25, -0.2) is 4.98 Å². The van der Waals surface area contributed by atoms with Crippen molar-refractivity contribution in [3.05, 3.63) is 106 Å². The summed E-state index contributed by atoms with van der Waals surface area (Å²) in [5, 5.41) is 6.13. The van der Waals surface area contributed by atoms with E-state index in [0.717, 1.165) is 17.7 Å². The van der Waals surface area contributed by atoms with Gasteiger partial charge in [-0.2, -0.15) is 0 Å². The molecular weight excluding hydrogens is 624 g/mol. The number of allylic oxidation sites excluding steroid dienone is 2. The number of benzene rings is 3. The number of thiazole rings is 1. The Balaban J connectivity index is 1.35. The third-order valence-corrected chi connectivity index (χ3v) is 9.29. The van der Waals surface area contributed by atoms with Gasteiger partial charge in [0.2, 0.25) is 11.8 Å². The van der Waals surface area contributed by atoms with E-state index in [0.29, 0.717) is 40.0 Å². The fraction of sp³-hybridized carbons (Fsp3) is 0.229. The van der Waals surface area contributed by atoms with Gasteiger partial charge in [-0.1, -0.05) is 48.0 Å². The third-order valence-electron chi connectivity index (χ3n) is 8.21. The largest absolute Gasteiger partial charge is 0.497 e. The van der Waals surface area contributed by atoms with Crippen molar-refractivity contribution in [1.29, 1.82) is 0 Å². The Kier molecular flexibility index (Phi) is 9.28. The maximum absolute atomic E-state index is 14.4. The number of rotatable bonds is 10. The molecule has 234 valence electrons. The molecule has 2 unspecified atom stereocenters. The summed E-state index contributed by atoms with van der Waals surface area (Å²) in [5.41, 5.74) is 2.78. The first-order chi connectivity index (χ1) is 22.3. The number of aromatic nitrogens is 1. The van der Waals surface area contributed by atoms with Crippen molar-refractivity contribution in [2.75, 3.05) is 23.9 Å². The fourth-order valence-electron chi connectivity index (χ4n) is 5.86. The van der Waals surface area contributed by atoms with E-state index in [-0.39, 0.29) is 23.9 Å². The summed E-state index contributed by atoms with van der Waals surface area (Å²) in [6.45, 7) is -0.360. The van der Waals surface area contributed by atoms with Gasteiger partial charge in [0.15, 0.2) is 0 Å². The molecule has 0 fully saturated rings. The van der Waals surface area contributed by atoms with E-state index in [4.69, 9.17) is 21.3 Å². The number of halogens is 1. The average Bonchev–Trinajstić information content (AvgIpc) is 3.64. The van der Waals surface area contributed by atoms with Crippen molar-refractivity contribution in [2.24, 2.45) is 5.92 Å². The molecule has 0 bridgehead atoms. The summed E-state index contributed by atoms with van der Waals surface area (Å²) in [4.78, 5) is 61.9. The van der Waals surface area contributed by atoms with Crippen LogP contribution in [0.1, 0.15) is 34.6 Å². The number of ketones is 1. The van der Waals surface area contributed by atoms with E-state index < -0.39 is 30.2 Å². The molecule has 0 saturated carbocycles. The van der Waals surface area contributed by atoms with E-state index >= 15 is 0 Å². The molecule has 1 N–H and O–H groups in total. The van der Waals surface area contributed by atoms with Crippen molar-refractivity contribution in [3.8, 4) is 17.0 Å². The van der Waals surface area contributed by atoms with Crippen LogP contribution in [0.4, 0.5) is 11.4 Å². The average molecular weight is 655 g/mol. The quantitative estimate of drug-likeness (QED) is 0.157. The predicted octanol–water partition coefficient (Wildman–Crippen LogP) is 6.39. The fourth-order valence-corrected chi connectivity index (χ4v) is 6.79. The summed E-state index contributed by atoms with van der Waals surface area (Å²) in [5.74, 6) is -1.79. The highest BCUT2D eigenvalue weighted by Crippen LogP contribution is 2.32. The van der Waals surface area contributed by atoms with Crippen LogP contribution in [0, 0.1) is 5.92 Å². The minimum atomic E-state index is -0.883. The number of carbonyl (C=O) groups excluding carboxylic acids is 4. The van der Waals surface area contributed by atoms with Gasteiger partial charge in [-0.15, -0.1) is 11.3 Å². The molecule has 2 aliphatic rings. The molecule has 3 aromatic carbocycles. The number of ether oxygens (including phenoxy) is 1. The lowest BCUT2D eigenvalue weighted by atomic mass is 9.86. The second-order valence-electron chi connectivity index (χ2n) is 11.1. The normalized spacial score (nSPS) is 16.2. The van der Waals surface area contributed by atoms with Crippen LogP contribution >= 0.6 is 22.9 Å². The highest BCUT2D eigenvalue weighted by molar-refractivity contribution is 7.09. The Morgan fingerprint density at radius 2 is 1.83 bits per heavy atom. The van der Waals surface area contributed by atoms with Gasteiger partial charge in [-0.05, 0) is 73.7 Å². The molecule has 0 radical (unpaired) electrons. The lowest BCUT2D eigenvalue weighted by Gasteiger charge is -2.37. The zero-order chi connectivity index (χ0) is 32.2. The second-order valence-corrected chi connectivity index (χ2v) is 12.5. The summed E-state index contributed by atoms with van der Waals surface area (Å²) in [6.07, 6.45) is 6.17. The summed E-state index contributed by atoms with van der Waals surface area (Å²) < 4.78 is 5.26. The number of nitrogens with zero attached hydrogens (tertiary/aromatic N) is 3. The highest BCUT2D eigenvalue weighted by atomic mass is 35.5. The SMILES string of the molecule is COc1ccc(NC(=O)C(C2CC=CCC2)N(Cc2nc(-c3ccc(Cl)cc3)cs2)C(=O)CN2C(=O)C(=O)c3ccccc32)cc1. The van der Waals surface area contributed by atoms with Crippen LogP contribution in [-0.4, -0.2) is 53.1 Å². The molecule has 1 aliphatic heterocycles. The zero-order valence-corrected chi connectivity index (χ0v) is 26.6. The standard InChI is InChI=1S/C35H31ClN4O5S/c1-45-26-17-15-25(16-18-26)37-34(43)32(23-7-3-2-4-8-23)40(19-30-38-28(21-46-30)22-11-13-24(36)14-12-22)31(41)20-39-29-10-6-5-9-27(29)33(42)35(39)44/h2-3,5-6,9-18,21,23,32H,4,7-8,19-20H2,1H3,(H,37,43). The number of fused-ring (bicyclic) bond motifs is 1. The third kappa shape index (κ3) is 6.59. The first-order valence-electron chi connectivity index (χ1n) is 14.9. The molecule has 4 aromatic rings. The maximum Gasteiger partial charge on any atom is 0.299 e. The smallest absolute Gasteiger partial charge is 0.299 e. The van der Waals surface area contributed by atoms with Crippen LogP contribution in [0.2, 0.25) is 5.02 Å². The summed E-state index contributed by atoms with van der Waals surface area (Å²) in [7, 11) is 1.57. The number of hydrogen-bond donors (Lipinski definition) is 1. The molecule has 0 saturated heterocycles. The molecule has 9 nitrogen and oxygen atoms in total. The Bertz CT molecular complexity index is 1800. The van der Waals surface area contributed by atoms with Crippen LogP contribution in [0.5, 0.6) is 5.75 Å². The number of nitrogens with one attached hydrogen (secondary N) is 1. The number of amides is 3. The monoisotopic (exact) mass is 654 g/mol. The lowest BCUT2D eigenvalue weighted by Crippen LogP contribution is -2.54. The molecule has 2 heterocycles. The van der Waals surface area contributed by atoms with Crippen LogP contribution in [0.15, 0.2) is 90.3 Å². The Morgan fingerprint density at radius 3 is 2.54 bits per heavy atom. The molecule has 11 heteroatoms. The van der Waals surface area contributed by atoms with Crippen molar-refractivity contribution in [3.63, 3.8) is 0 Å². The van der Waals surface area contributed by atoms with Crippen LogP contribution in [-0.2, 0) is 20.9 Å². The van der Waals surface area contributed by atoms with Gasteiger partial charge in [-0.3, -0.25) is 24.1 Å². The number of hydrogen-bond acceptors (Lipinski definition) is 7. The van der Waals surface area contributed by atoms with Crippen molar-refractivity contribution >= 4 is 57.8 Å². The van der Waals surface area contributed by atoms with Gasteiger partial charge in [0.25, 0.3) is 11.7 Å². The van der Waals surface area contributed by atoms with Gasteiger partial charge < -0.3 is 15.0 Å². The van der Waals surface area contributed by atoms with E-state index in [9.17, 15) is 19.2 Å². The Hall–Kier alpha value is -4.80. The number of Topliss-reactive ketones (excluding diaryl/α,β-unsaturated/α-hetero) is 1. The number of anilines is 2. The molecule has 1 aromatic heterocycles. The van der Waals surface area contributed by atoms with Gasteiger partial charge >= 0.3 is 0 Å². The van der Waals surface area contributed by atoms with Gasteiger partial charge in [0.05, 0.1) is 30.6 Å². The summed E-state index contributed by atoms with van der Waals surface area (Å²) in [6, 6.07) is 20.0. The zero-order valence-electron chi connectivity index (χ0n) is 25.0. The molecule has 3 amide bonds. The molecule has 6 rings (SSSR count). The minimum absolute atomic E-state index is 0.0373. The first-order valence-corrected chi connectivity index (χ1v) is 16.1. The number of para-hydroxylation sites is 1. The van der Waals surface area contributed by atoms with E-state index in [1.807, 2.05) is 23.6 Å². The van der Waals surface area contributed by atoms with E-state index in [1.165, 1.54) is 21.1 Å². The van der Waals surface area contributed by atoms with E-state index in [2.05, 4.69) is 11.4 Å². The van der Waals surface area contributed by atoms with Crippen molar-refractivity contribution in [1.82, 2.24) is 9.88 Å². The minimum Gasteiger partial charge on any atom is -0.497 e. The topological polar surface area (TPSA) is 109 Å². The second kappa shape index (κ2) is 13.7. The molecule has 1 aliphatic carbocycles.